The summed E-state index contributed by atoms with van der Waals surface area (Å²) >= 11 is 0. The van der Waals surface area contributed by atoms with Gasteiger partial charge in [-0.25, -0.2) is 4.79 Å². The van der Waals surface area contributed by atoms with Crippen LogP contribution >= 0.6 is 0 Å². The van der Waals surface area contributed by atoms with Gasteiger partial charge in [0.05, 0.1) is 6.04 Å². The zero-order valence-electron chi connectivity index (χ0n) is 26.1. The SMILES string of the molecule is N[C@@H](Cc1ccc(O)cc1)C(=O)N1C[C@@H]2C[C@H]1C(=O)N[C@H](Cc1ccccc1)C(=O)N[C@H](Cc1ccccc1)C(=O)N2.O=C(O)C(F)(F)F. The molecular formula is C34H36F3N5O7. The van der Waals surface area contributed by atoms with Crippen molar-refractivity contribution in [2.45, 2.75) is 62.1 Å². The van der Waals surface area contributed by atoms with Crippen LogP contribution in [0.15, 0.2) is 84.9 Å². The number of nitrogens with one attached hydrogen (secondary N) is 3. The van der Waals surface area contributed by atoms with Crippen LogP contribution < -0.4 is 21.7 Å². The minimum absolute atomic E-state index is 0.106. The largest absolute Gasteiger partial charge is 0.508 e. The van der Waals surface area contributed by atoms with E-state index in [1.54, 1.807) is 12.1 Å². The number of hydrogen-bond donors (Lipinski definition) is 6. The van der Waals surface area contributed by atoms with Gasteiger partial charge >= 0.3 is 12.1 Å². The number of carboxylic acid groups (broad SMARTS) is 1. The number of aromatic hydroxyl groups is 1. The van der Waals surface area contributed by atoms with Crippen LogP contribution in [-0.2, 0) is 43.2 Å². The second-order valence-corrected chi connectivity index (χ2v) is 11.7. The first kappa shape index (κ1) is 36.4. The summed E-state index contributed by atoms with van der Waals surface area (Å²) in [5.74, 6) is -4.42. The Morgan fingerprint density at radius 3 is 1.73 bits per heavy atom. The highest BCUT2D eigenvalue weighted by atomic mass is 19.4. The van der Waals surface area contributed by atoms with E-state index < -0.39 is 60.1 Å². The highest BCUT2D eigenvalue weighted by molar-refractivity contribution is 5.96. The molecule has 4 amide bonds. The first-order valence-electron chi connectivity index (χ1n) is 15.3. The summed E-state index contributed by atoms with van der Waals surface area (Å²) in [5.41, 5.74) is 8.78. The standard InChI is InChI=1S/C32H35N5O5.C2HF3O2/c33-25(15-22-11-13-24(38)14-12-22)32(42)37-19-23-18-28(37)31(41)36-27(17-21-9-5-2-6-10-21)30(40)35-26(29(39)34-23)16-20-7-3-1-4-8-20;3-2(4,5)1(6)7/h1-14,23,25-28,38H,15-19,33H2,(H,34,39)(H,35,40)(H,36,41);(H,6,7)/t23-,25-,26+,27+,28-;/m0./s1. The van der Waals surface area contributed by atoms with Gasteiger partial charge in [-0.2, -0.15) is 13.2 Å². The van der Waals surface area contributed by atoms with Crippen LogP contribution in [-0.4, -0.2) is 87.6 Å². The molecule has 2 aliphatic heterocycles. The lowest BCUT2D eigenvalue weighted by molar-refractivity contribution is -0.192. The number of amides is 4. The maximum absolute atomic E-state index is 13.7. The normalized spacial score (nSPS) is 21.6. The summed E-state index contributed by atoms with van der Waals surface area (Å²) < 4.78 is 31.7. The summed E-state index contributed by atoms with van der Waals surface area (Å²) in [6.07, 6.45) is -4.21. The number of nitrogens with two attached hydrogens (primary N) is 1. The number of halogens is 3. The average Bonchev–Trinajstić information content (AvgIpc) is 3.48. The number of fused-ring (bicyclic) bond motifs is 2. The van der Waals surface area contributed by atoms with Crippen molar-refractivity contribution < 1.29 is 47.4 Å². The quantitative estimate of drug-likeness (QED) is 0.216. The van der Waals surface area contributed by atoms with Gasteiger partial charge in [-0.15, -0.1) is 0 Å². The van der Waals surface area contributed by atoms with E-state index in [-0.39, 0.29) is 43.9 Å². The lowest BCUT2D eigenvalue weighted by Crippen LogP contribution is -2.59. The third-order valence-corrected chi connectivity index (χ3v) is 8.02. The van der Waals surface area contributed by atoms with Gasteiger partial charge in [0.25, 0.3) is 0 Å². The molecular weight excluding hydrogens is 647 g/mol. The third kappa shape index (κ3) is 10.3. The van der Waals surface area contributed by atoms with E-state index >= 15 is 0 Å². The van der Waals surface area contributed by atoms with Crippen LogP contribution in [0.3, 0.4) is 0 Å². The van der Waals surface area contributed by atoms with E-state index in [0.717, 1.165) is 16.7 Å². The van der Waals surface area contributed by atoms with E-state index in [0.29, 0.717) is 0 Å². The maximum Gasteiger partial charge on any atom is 0.490 e. The van der Waals surface area contributed by atoms with Gasteiger partial charge in [0.2, 0.25) is 23.6 Å². The average molecular weight is 684 g/mol. The Balaban J connectivity index is 0.000000698. The molecule has 5 rings (SSSR count). The summed E-state index contributed by atoms with van der Waals surface area (Å²) in [6.45, 7) is 0.112. The maximum atomic E-state index is 13.7. The summed E-state index contributed by atoms with van der Waals surface area (Å²) in [4.78, 5) is 64.7. The van der Waals surface area contributed by atoms with Crippen LogP contribution in [0, 0.1) is 0 Å². The van der Waals surface area contributed by atoms with Gasteiger partial charge in [-0.3, -0.25) is 19.2 Å². The number of carboxylic acids is 1. The van der Waals surface area contributed by atoms with Crippen molar-refractivity contribution in [1.82, 2.24) is 20.9 Å². The van der Waals surface area contributed by atoms with E-state index in [4.69, 9.17) is 15.6 Å². The number of phenols is 1. The fourth-order valence-corrected chi connectivity index (χ4v) is 5.58. The van der Waals surface area contributed by atoms with Crippen LogP contribution in [0.2, 0.25) is 0 Å². The van der Waals surface area contributed by atoms with Crippen molar-refractivity contribution in [2.24, 2.45) is 5.73 Å². The van der Waals surface area contributed by atoms with E-state index in [2.05, 4.69) is 16.0 Å². The highest BCUT2D eigenvalue weighted by Gasteiger charge is 2.44. The van der Waals surface area contributed by atoms with Crippen LogP contribution in [0.25, 0.3) is 0 Å². The molecule has 0 unspecified atom stereocenters. The number of phenolic OH excluding ortho intramolecular Hbond substituents is 1. The Labute approximate surface area is 279 Å². The third-order valence-electron chi connectivity index (χ3n) is 8.02. The number of carbonyl (C=O) groups is 5. The Morgan fingerprint density at radius 1 is 0.776 bits per heavy atom. The molecule has 0 radical (unpaired) electrons. The molecule has 2 aliphatic rings. The molecule has 2 saturated heterocycles. The monoisotopic (exact) mass is 683 g/mol. The smallest absolute Gasteiger partial charge is 0.490 e. The zero-order valence-corrected chi connectivity index (χ0v) is 26.1. The van der Waals surface area contributed by atoms with Crippen molar-refractivity contribution in [3.63, 3.8) is 0 Å². The predicted octanol–water partition coefficient (Wildman–Crippen LogP) is 1.45. The fraction of sp³-hybridized carbons (Fsp3) is 0.324. The van der Waals surface area contributed by atoms with Crippen molar-refractivity contribution in [3.05, 3.63) is 102 Å². The fourth-order valence-electron chi connectivity index (χ4n) is 5.58. The van der Waals surface area contributed by atoms with Gasteiger partial charge in [-0.05, 0) is 41.7 Å². The van der Waals surface area contributed by atoms with Crippen LogP contribution in [0.4, 0.5) is 13.2 Å². The lowest BCUT2D eigenvalue weighted by atomic mass is 10.0. The molecule has 0 aliphatic carbocycles. The van der Waals surface area contributed by atoms with Gasteiger partial charge in [0.1, 0.15) is 23.9 Å². The van der Waals surface area contributed by atoms with E-state index in [9.17, 15) is 37.5 Å². The van der Waals surface area contributed by atoms with Crippen LogP contribution in [0.1, 0.15) is 23.1 Å². The summed E-state index contributed by atoms with van der Waals surface area (Å²) in [7, 11) is 0. The first-order chi connectivity index (χ1) is 23.2. The number of benzene rings is 3. The van der Waals surface area contributed by atoms with Crippen molar-refractivity contribution in [2.75, 3.05) is 6.54 Å². The molecule has 0 aromatic heterocycles. The molecule has 2 fully saturated rings. The summed E-state index contributed by atoms with van der Waals surface area (Å²) in [6, 6.07) is 20.9. The molecule has 7 N–H and O–H groups in total. The van der Waals surface area contributed by atoms with Gasteiger partial charge in [-0.1, -0.05) is 72.8 Å². The molecule has 0 spiro atoms. The number of likely N-dealkylation sites (tertiary alicyclic amines) is 1. The van der Waals surface area contributed by atoms with Gasteiger partial charge < -0.3 is 36.8 Å². The zero-order chi connectivity index (χ0) is 35.7. The van der Waals surface area contributed by atoms with Crippen LogP contribution in [0.5, 0.6) is 5.75 Å². The minimum atomic E-state index is -5.08. The molecule has 12 nitrogen and oxygen atoms in total. The lowest BCUT2D eigenvalue weighted by Gasteiger charge is -2.29. The van der Waals surface area contributed by atoms with E-state index in [1.165, 1.54) is 17.0 Å². The first-order valence-corrected chi connectivity index (χ1v) is 15.3. The Kier molecular flexibility index (Phi) is 12.0. The van der Waals surface area contributed by atoms with Crippen molar-refractivity contribution >= 4 is 29.6 Å². The summed E-state index contributed by atoms with van der Waals surface area (Å²) in [5, 5.41) is 25.4. The molecule has 49 heavy (non-hydrogen) atoms. The number of aliphatic carboxylic acids is 1. The van der Waals surface area contributed by atoms with E-state index in [1.807, 2.05) is 60.7 Å². The Hall–Kier alpha value is -5.44. The second-order valence-electron chi connectivity index (χ2n) is 11.7. The Bertz CT molecular complexity index is 1620. The number of hydrogen-bond acceptors (Lipinski definition) is 7. The molecule has 3 aromatic rings. The molecule has 2 bridgehead atoms. The molecule has 5 atom stereocenters. The number of nitrogens with zero attached hydrogens (tertiary/aromatic N) is 1. The van der Waals surface area contributed by atoms with Crippen molar-refractivity contribution in [3.8, 4) is 5.75 Å². The Morgan fingerprint density at radius 2 is 1.24 bits per heavy atom. The minimum Gasteiger partial charge on any atom is -0.508 e. The number of alkyl halides is 3. The molecule has 2 heterocycles. The molecule has 15 heteroatoms. The number of carbonyl (C=O) groups excluding carboxylic acids is 4. The molecule has 0 saturated carbocycles. The van der Waals surface area contributed by atoms with Gasteiger partial charge in [0, 0.05) is 25.4 Å². The number of rotatable bonds is 7. The topological polar surface area (TPSA) is 191 Å². The predicted molar refractivity (Wildman–Crippen MR) is 170 cm³/mol. The molecule has 3 aromatic carbocycles. The second kappa shape index (κ2) is 16.1. The van der Waals surface area contributed by atoms with Crippen molar-refractivity contribution in [1.29, 1.82) is 0 Å². The highest BCUT2D eigenvalue weighted by Crippen LogP contribution is 2.22. The van der Waals surface area contributed by atoms with Gasteiger partial charge in [0.15, 0.2) is 0 Å². The molecule has 260 valence electrons.